The lowest BCUT2D eigenvalue weighted by molar-refractivity contribution is 0.0917. The van der Waals surface area contributed by atoms with Gasteiger partial charge in [0.15, 0.2) is 5.82 Å². The number of amides is 3. The molecule has 0 spiro atoms. The van der Waals surface area contributed by atoms with Gasteiger partial charge in [-0.25, -0.2) is 14.2 Å². The Morgan fingerprint density at radius 1 is 1.16 bits per heavy atom. The topological polar surface area (TPSA) is 86.8 Å². The normalized spacial score (nSPS) is 17.5. The number of benzene rings is 2. The minimum atomic E-state index is -0.619. The SMILES string of the molecule is CN1CCCC(NC(=O)c2sc3nccc4c3c2NC(=O)N4c2ccc(Oc3ccccc3)cc2F)C1. The van der Waals surface area contributed by atoms with Crippen molar-refractivity contribution in [3.63, 3.8) is 0 Å². The van der Waals surface area contributed by atoms with Gasteiger partial charge in [0.1, 0.15) is 21.2 Å². The molecular weight excluding hydrogens is 493 g/mol. The van der Waals surface area contributed by atoms with E-state index in [0.29, 0.717) is 38.0 Å². The van der Waals surface area contributed by atoms with Crippen LogP contribution >= 0.6 is 11.3 Å². The van der Waals surface area contributed by atoms with Crippen LogP contribution in [0, 0.1) is 5.82 Å². The summed E-state index contributed by atoms with van der Waals surface area (Å²) in [6.45, 7) is 1.79. The Labute approximate surface area is 216 Å². The number of aromatic nitrogens is 1. The summed E-state index contributed by atoms with van der Waals surface area (Å²) in [6.07, 6.45) is 3.48. The summed E-state index contributed by atoms with van der Waals surface area (Å²) in [5.74, 6) is 0.0290. The maximum atomic E-state index is 15.3. The van der Waals surface area contributed by atoms with Crippen molar-refractivity contribution in [3.8, 4) is 11.5 Å². The molecule has 8 nitrogen and oxygen atoms in total. The fourth-order valence-electron chi connectivity index (χ4n) is 4.88. The van der Waals surface area contributed by atoms with Gasteiger partial charge in [-0.15, -0.1) is 11.3 Å². The van der Waals surface area contributed by atoms with E-state index < -0.39 is 11.8 Å². The van der Waals surface area contributed by atoms with Crippen LogP contribution in [0.4, 0.5) is 26.2 Å². The average Bonchev–Trinajstić information content (AvgIpc) is 3.25. The quantitative estimate of drug-likeness (QED) is 0.353. The Morgan fingerprint density at radius 3 is 2.78 bits per heavy atom. The molecule has 4 aromatic rings. The van der Waals surface area contributed by atoms with Gasteiger partial charge in [0.2, 0.25) is 0 Å². The summed E-state index contributed by atoms with van der Waals surface area (Å²) in [4.78, 5) is 35.4. The second-order valence-electron chi connectivity index (χ2n) is 9.19. The molecule has 1 unspecified atom stereocenters. The number of hydrogen-bond acceptors (Lipinski definition) is 6. The Bertz CT molecular complexity index is 1510. The molecule has 37 heavy (non-hydrogen) atoms. The van der Waals surface area contributed by atoms with E-state index in [9.17, 15) is 9.59 Å². The van der Waals surface area contributed by atoms with Crippen LogP contribution in [-0.2, 0) is 0 Å². The molecule has 0 aliphatic carbocycles. The van der Waals surface area contributed by atoms with Gasteiger partial charge in [0, 0.05) is 24.8 Å². The lowest BCUT2D eigenvalue weighted by atomic mass is 10.1. The number of nitrogens with one attached hydrogen (secondary N) is 2. The number of urea groups is 1. The molecule has 1 atom stereocenters. The minimum absolute atomic E-state index is 0.0394. The number of thiophene rings is 1. The van der Waals surface area contributed by atoms with Gasteiger partial charge in [-0.05, 0) is 56.8 Å². The van der Waals surface area contributed by atoms with Gasteiger partial charge >= 0.3 is 6.03 Å². The lowest BCUT2D eigenvalue weighted by Gasteiger charge is -2.30. The highest BCUT2D eigenvalue weighted by molar-refractivity contribution is 7.21. The van der Waals surface area contributed by atoms with Crippen LogP contribution in [0.15, 0.2) is 60.8 Å². The molecular formula is C27H24FN5O3S. The molecule has 10 heteroatoms. The number of carbonyl (C=O) groups is 2. The van der Waals surface area contributed by atoms with E-state index in [-0.39, 0.29) is 17.6 Å². The van der Waals surface area contributed by atoms with Crippen LogP contribution in [0.25, 0.3) is 10.2 Å². The van der Waals surface area contributed by atoms with E-state index in [2.05, 4.69) is 20.5 Å². The highest BCUT2D eigenvalue weighted by Gasteiger charge is 2.34. The van der Waals surface area contributed by atoms with E-state index in [4.69, 9.17) is 4.74 Å². The third-order valence-corrected chi connectivity index (χ3v) is 7.65. The number of pyridine rings is 1. The van der Waals surface area contributed by atoms with Crippen LogP contribution in [0.2, 0.25) is 0 Å². The van der Waals surface area contributed by atoms with Crippen LogP contribution in [0.5, 0.6) is 11.5 Å². The van der Waals surface area contributed by atoms with Crippen molar-refractivity contribution in [1.82, 2.24) is 15.2 Å². The van der Waals surface area contributed by atoms with Crippen LogP contribution in [0.3, 0.4) is 0 Å². The summed E-state index contributed by atoms with van der Waals surface area (Å²) in [7, 11) is 2.03. The zero-order chi connectivity index (χ0) is 25.5. The molecule has 0 saturated carbocycles. The second kappa shape index (κ2) is 9.45. The molecule has 2 aromatic heterocycles. The number of hydrogen-bond donors (Lipinski definition) is 2. The minimum Gasteiger partial charge on any atom is -0.457 e. The number of anilines is 3. The Morgan fingerprint density at radius 2 is 2.00 bits per heavy atom. The largest absolute Gasteiger partial charge is 0.457 e. The maximum absolute atomic E-state index is 15.3. The number of carbonyl (C=O) groups excluding carboxylic acids is 2. The highest BCUT2D eigenvalue weighted by Crippen LogP contribution is 2.46. The van der Waals surface area contributed by atoms with Crippen molar-refractivity contribution in [2.24, 2.45) is 0 Å². The number of rotatable bonds is 5. The Balaban J connectivity index is 1.33. The first-order valence-corrected chi connectivity index (χ1v) is 12.8. The van der Waals surface area contributed by atoms with Crippen molar-refractivity contribution in [2.75, 3.05) is 30.4 Å². The van der Waals surface area contributed by atoms with Gasteiger partial charge in [0.05, 0.1) is 22.4 Å². The zero-order valence-corrected chi connectivity index (χ0v) is 20.8. The van der Waals surface area contributed by atoms with Crippen molar-refractivity contribution in [2.45, 2.75) is 18.9 Å². The molecule has 2 aromatic carbocycles. The summed E-state index contributed by atoms with van der Waals surface area (Å²) in [5, 5.41) is 6.53. The first-order valence-electron chi connectivity index (χ1n) is 12.0. The average molecular weight is 518 g/mol. The smallest absolute Gasteiger partial charge is 0.331 e. The van der Waals surface area contributed by atoms with Gasteiger partial charge in [-0.2, -0.15) is 0 Å². The molecule has 0 radical (unpaired) electrons. The molecule has 4 heterocycles. The second-order valence-corrected chi connectivity index (χ2v) is 10.2. The van der Waals surface area contributed by atoms with E-state index in [1.807, 2.05) is 25.2 Å². The van der Waals surface area contributed by atoms with Gasteiger partial charge in [-0.1, -0.05) is 18.2 Å². The molecule has 2 N–H and O–H groups in total. The van der Waals surface area contributed by atoms with Crippen LogP contribution in [0.1, 0.15) is 22.5 Å². The van der Waals surface area contributed by atoms with Crippen molar-refractivity contribution in [3.05, 3.63) is 71.5 Å². The molecule has 2 aliphatic rings. The third kappa shape index (κ3) is 4.38. The Hall–Kier alpha value is -4.02. The van der Waals surface area contributed by atoms with Gasteiger partial charge in [0.25, 0.3) is 5.91 Å². The molecule has 2 aliphatic heterocycles. The van der Waals surface area contributed by atoms with E-state index in [1.54, 1.807) is 30.5 Å². The fourth-order valence-corrected chi connectivity index (χ4v) is 5.90. The van der Waals surface area contributed by atoms with E-state index >= 15 is 4.39 Å². The number of nitrogens with zero attached hydrogens (tertiary/aromatic N) is 3. The fraction of sp³-hybridized carbons (Fsp3) is 0.222. The molecule has 0 bridgehead atoms. The molecule has 6 rings (SSSR count). The number of piperidine rings is 1. The number of ether oxygens (including phenoxy) is 1. The third-order valence-electron chi connectivity index (χ3n) is 6.55. The number of halogens is 1. The number of para-hydroxylation sites is 1. The summed E-state index contributed by atoms with van der Waals surface area (Å²) in [6, 6.07) is 14.6. The summed E-state index contributed by atoms with van der Waals surface area (Å²) < 4.78 is 21.0. The number of likely N-dealkylation sites (N-methyl/N-ethyl adjacent to an activating group) is 1. The van der Waals surface area contributed by atoms with E-state index in [0.717, 1.165) is 25.9 Å². The monoisotopic (exact) mass is 517 g/mol. The van der Waals surface area contributed by atoms with Crippen LogP contribution < -0.4 is 20.3 Å². The van der Waals surface area contributed by atoms with Crippen LogP contribution in [-0.4, -0.2) is 48.0 Å². The van der Waals surface area contributed by atoms with Crippen molar-refractivity contribution < 1.29 is 18.7 Å². The Kier molecular flexibility index (Phi) is 5.97. The van der Waals surface area contributed by atoms with E-state index in [1.165, 1.54) is 28.4 Å². The lowest BCUT2D eigenvalue weighted by Crippen LogP contribution is -2.46. The first-order chi connectivity index (χ1) is 18.0. The standard InChI is InChI=1S/C27H24FN5O3S/c1-32-13-5-6-16(15-32)30-25(34)24-23-22-21(11-12-29-26(22)37-24)33(27(35)31-23)20-10-9-18(14-19(20)28)36-17-7-3-2-4-8-17/h2-4,7-12,14,16H,5-6,13,15H2,1H3,(H,30,34)(H,31,35). The van der Waals surface area contributed by atoms with Gasteiger partial charge < -0.3 is 20.3 Å². The molecule has 1 fully saturated rings. The molecule has 188 valence electrons. The zero-order valence-electron chi connectivity index (χ0n) is 20.0. The molecule has 3 amide bonds. The van der Waals surface area contributed by atoms with Crippen molar-refractivity contribution in [1.29, 1.82) is 0 Å². The maximum Gasteiger partial charge on any atom is 0.331 e. The highest BCUT2D eigenvalue weighted by atomic mass is 32.1. The summed E-state index contributed by atoms with van der Waals surface area (Å²) in [5.41, 5.74) is 0.945. The predicted molar refractivity (Wildman–Crippen MR) is 142 cm³/mol. The molecule has 1 saturated heterocycles. The first kappa shape index (κ1) is 23.4. The number of likely N-dealkylation sites (tertiary alicyclic amines) is 1. The summed E-state index contributed by atoms with van der Waals surface area (Å²) >= 11 is 1.22. The van der Waals surface area contributed by atoms with Crippen molar-refractivity contribution >= 4 is 50.6 Å². The van der Waals surface area contributed by atoms with Gasteiger partial charge in [-0.3, -0.25) is 9.69 Å². The predicted octanol–water partition coefficient (Wildman–Crippen LogP) is 5.74.